The molecule has 2 aromatic rings. The molecular formula is C15H11Cl3N2O3. The first-order valence-electron chi connectivity index (χ1n) is 6.38. The summed E-state index contributed by atoms with van der Waals surface area (Å²) in [6.07, 6.45) is 0. The van der Waals surface area contributed by atoms with Gasteiger partial charge in [-0.15, -0.1) is 0 Å². The summed E-state index contributed by atoms with van der Waals surface area (Å²) in [5.41, 5.74) is 4.80. The van der Waals surface area contributed by atoms with Crippen LogP contribution in [0.1, 0.15) is 10.4 Å². The zero-order chi connectivity index (χ0) is 16.8. The molecule has 23 heavy (non-hydrogen) atoms. The van der Waals surface area contributed by atoms with Gasteiger partial charge in [-0.05, 0) is 36.4 Å². The minimum absolute atomic E-state index is 0.285. The Hall–Kier alpha value is -1.95. The SMILES string of the molecule is O=C(COc1ccc(Cl)cc1Cl)NNC(=O)c1cccc(Cl)c1. The zero-order valence-corrected chi connectivity index (χ0v) is 13.9. The molecule has 8 heteroatoms. The fourth-order valence-corrected chi connectivity index (χ4v) is 2.25. The minimum Gasteiger partial charge on any atom is -0.482 e. The van der Waals surface area contributed by atoms with Gasteiger partial charge in [-0.1, -0.05) is 40.9 Å². The Balaban J connectivity index is 1.82. The fraction of sp³-hybridized carbons (Fsp3) is 0.0667. The predicted molar refractivity (Wildman–Crippen MR) is 89.0 cm³/mol. The average molecular weight is 374 g/mol. The fourth-order valence-electron chi connectivity index (χ4n) is 1.60. The van der Waals surface area contributed by atoms with E-state index in [2.05, 4.69) is 10.9 Å². The standard InChI is InChI=1S/C15H11Cl3N2O3/c16-10-3-1-2-9(6-10)15(22)20-19-14(21)8-23-13-5-4-11(17)7-12(13)18/h1-7H,8H2,(H,19,21)(H,20,22). The van der Waals surface area contributed by atoms with E-state index in [0.717, 1.165) is 0 Å². The Labute approximate surface area is 147 Å². The lowest BCUT2D eigenvalue weighted by atomic mass is 10.2. The van der Waals surface area contributed by atoms with E-state index in [4.69, 9.17) is 39.5 Å². The summed E-state index contributed by atoms with van der Waals surface area (Å²) in [5, 5.41) is 1.17. The highest BCUT2D eigenvalue weighted by molar-refractivity contribution is 6.35. The van der Waals surface area contributed by atoms with Crippen LogP contribution in [0.5, 0.6) is 5.75 Å². The summed E-state index contributed by atoms with van der Waals surface area (Å²) in [6, 6.07) is 10.9. The number of carbonyl (C=O) groups is 2. The van der Waals surface area contributed by atoms with Crippen LogP contribution in [0.25, 0.3) is 0 Å². The molecule has 0 aliphatic heterocycles. The second-order valence-electron chi connectivity index (χ2n) is 4.38. The van der Waals surface area contributed by atoms with E-state index in [-0.39, 0.29) is 11.6 Å². The van der Waals surface area contributed by atoms with Gasteiger partial charge in [0.2, 0.25) is 0 Å². The first kappa shape index (κ1) is 17.4. The van der Waals surface area contributed by atoms with Gasteiger partial charge in [0.05, 0.1) is 5.02 Å². The molecule has 2 amide bonds. The Kier molecular flexibility index (Phi) is 6.10. The van der Waals surface area contributed by atoms with Gasteiger partial charge in [-0.2, -0.15) is 0 Å². The van der Waals surface area contributed by atoms with Crippen LogP contribution < -0.4 is 15.6 Å². The van der Waals surface area contributed by atoms with Crippen molar-refractivity contribution in [3.63, 3.8) is 0 Å². The molecule has 0 saturated carbocycles. The number of halogens is 3. The van der Waals surface area contributed by atoms with Crippen molar-refractivity contribution < 1.29 is 14.3 Å². The van der Waals surface area contributed by atoms with Crippen LogP contribution >= 0.6 is 34.8 Å². The molecule has 5 nitrogen and oxygen atoms in total. The van der Waals surface area contributed by atoms with Gasteiger partial charge in [-0.25, -0.2) is 0 Å². The number of hydrogen-bond acceptors (Lipinski definition) is 3. The van der Waals surface area contributed by atoms with Crippen molar-refractivity contribution in [2.24, 2.45) is 0 Å². The number of carbonyl (C=O) groups excluding carboxylic acids is 2. The van der Waals surface area contributed by atoms with Crippen molar-refractivity contribution in [1.29, 1.82) is 0 Å². The van der Waals surface area contributed by atoms with Crippen LogP contribution in [0.15, 0.2) is 42.5 Å². The Bertz CT molecular complexity index is 738. The summed E-state index contributed by atoms with van der Waals surface area (Å²) in [4.78, 5) is 23.5. The second-order valence-corrected chi connectivity index (χ2v) is 5.66. The third-order valence-corrected chi connectivity index (χ3v) is 3.42. The largest absolute Gasteiger partial charge is 0.482 e. The molecule has 0 aliphatic carbocycles. The van der Waals surface area contributed by atoms with Crippen LogP contribution in [0, 0.1) is 0 Å². The smallest absolute Gasteiger partial charge is 0.276 e. The van der Waals surface area contributed by atoms with Crippen LogP contribution in [0.3, 0.4) is 0 Å². The molecule has 2 N–H and O–H groups in total. The molecule has 0 radical (unpaired) electrons. The molecule has 0 spiro atoms. The molecule has 0 saturated heterocycles. The quantitative estimate of drug-likeness (QED) is 0.806. The van der Waals surface area contributed by atoms with E-state index in [9.17, 15) is 9.59 Å². The van der Waals surface area contributed by atoms with E-state index < -0.39 is 11.8 Å². The lowest BCUT2D eigenvalue weighted by molar-refractivity contribution is -0.123. The summed E-state index contributed by atoms with van der Waals surface area (Å²) in [7, 11) is 0. The molecule has 0 aromatic heterocycles. The van der Waals surface area contributed by atoms with Crippen LogP contribution in [0.4, 0.5) is 0 Å². The number of benzene rings is 2. The molecule has 120 valence electrons. The van der Waals surface area contributed by atoms with Crippen molar-refractivity contribution >= 4 is 46.6 Å². The number of rotatable bonds is 4. The van der Waals surface area contributed by atoms with Crippen molar-refractivity contribution in [2.45, 2.75) is 0 Å². The third-order valence-electron chi connectivity index (χ3n) is 2.65. The van der Waals surface area contributed by atoms with Gasteiger partial charge in [-0.3, -0.25) is 20.4 Å². The first-order chi connectivity index (χ1) is 11.0. The number of hydrazine groups is 1. The predicted octanol–water partition coefficient (Wildman–Crippen LogP) is 3.49. The lowest BCUT2D eigenvalue weighted by Crippen LogP contribution is -2.43. The molecule has 0 fully saturated rings. The molecule has 0 unspecified atom stereocenters. The minimum atomic E-state index is -0.550. The maximum Gasteiger partial charge on any atom is 0.276 e. The monoisotopic (exact) mass is 372 g/mol. The van der Waals surface area contributed by atoms with Crippen molar-refractivity contribution in [3.8, 4) is 5.75 Å². The maximum atomic E-state index is 11.8. The number of nitrogens with one attached hydrogen (secondary N) is 2. The number of amides is 2. The van der Waals surface area contributed by atoms with Gasteiger partial charge < -0.3 is 4.74 Å². The van der Waals surface area contributed by atoms with E-state index in [0.29, 0.717) is 21.4 Å². The summed E-state index contributed by atoms with van der Waals surface area (Å²) in [6.45, 7) is -0.322. The second kappa shape index (κ2) is 8.06. The Morgan fingerprint density at radius 2 is 1.70 bits per heavy atom. The van der Waals surface area contributed by atoms with Gasteiger partial charge in [0.1, 0.15) is 5.75 Å². The van der Waals surface area contributed by atoms with E-state index >= 15 is 0 Å². The van der Waals surface area contributed by atoms with E-state index in [1.807, 2.05) is 0 Å². The maximum absolute atomic E-state index is 11.8. The molecule has 0 aliphatic rings. The highest BCUT2D eigenvalue weighted by Crippen LogP contribution is 2.27. The Morgan fingerprint density at radius 1 is 0.957 bits per heavy atom. The van der Waals surface area contributed by atoms with Crippen LogP contribution in [-0.2, 0) is 4.79 Å². The molecule has 2 rings (SSSR count). The topological polar surface area (TPSA) is 67.4 Å². The normalized spacial score (nSPS) is 10.0. The van der Waals surface area contributed by atoms with Crippen molar-refractivity contribution in [3.05, 3.63) is 63.1 Å². The van der Waals surface area contributed by atoms with Crippen molar-refractivity contribution in [2.75, 3.05) is 6.61 Å². The van der Waals surface area contributed by atoms with E-state index in [1.165, 1.54) is 12.1 Å². The Morgan fingerprint density at radius 3 is 2.39 bits per heavy atom. The summed E-state index contributed by atoms with van der Waals surface area (Å²) in [5.74, 6) is -0.732. The lowest BCUT2D eigenvalue weighted by Gasteiger charge is -2.10. The van der Waals surface area contributed by atoms with Gasteiger partial charge in [0.25, 0.3) is 11.8 Å². The molecule has 0 bridgehead atoms. The highest BCUT2D eigenvalue weighted by Gasteiger charge is 2.09. The van der Waals surface area contributed by atoms with Crippen LogP contribution in [0.2, 0.25) is 15.1 Å². The number of ether oxygens (including phenoxy) is 1. The summed E-state index contributed by atoms with van der Waals surface area (Å²) >= 11 is 17.5. The van der Waals surface area contributed by atoms with Crippen LogP contribution in [-0.4, -0.2) is 18.4 Å². The zero-order valence-electron chi connectivity index (χ0n) is 11.6. The molecule has 0 heterocycles. The average Bonchev–Trinajstić information content (AvgIpc) is 2.51. The number of hydrogen-bond donors (Lipinski definition) is 2. The summed E-state index contributed by atoms with van der Waals surface area (Å²) < 4.78 is 5.24. The highest BCUT2D eigenvalue weighted by atomic mass is 35.5. The molecule has 2 aromatic carbocycles. The molecular weight excluding hydrogens is 363 g/mol. The molecule has 0 atom stereocenters. The van der Waals surface area contributed by atoms with Gasteiger partial charge in [0.15, 0.2) is 6.61 Å². The first-order valence-corrected chi connectivity index (χ1v) is 7.51. The van der Waals surface area contributed by atoms with Gasteiger partial charge in [0, 0.05) is 15.6 Å². The third kappa shape index (κ3) is 5.32. The van der Waals surface area contributed by atoms with Crippen molar-refractivity contribution in [1.82, 2.24) is 10.9 Å². The van der Waals surface area contributed by atoms with Gasteiger partial charge >= 0.3 is 0 Å². The van der Waals surface area contributed by atoms with E-state index in [1.54, 1.807) is 30.3 Å².